The zero-order valence-electron chi connectivity index (χ0n) is 21.3. The van der Waals surface area contributed by atoms with Crippen molar-refractivity contribution in [1.29, 1.82) is 0 Å². The summed E-state index contributed by atoms with van der Waals surface area (Å²) < 4.78 is 33.1. The van der Waals surface area contributed by atoms with Crippen LogP contribution in [0.2, 0.25) is 0 Å². The third-order valence-electron chi connectivity index (χ3n) is 5.83. The van der Waals surface area contributed by atoms with Gasteiger partial charge in [-0.1, -0.05) is 25.2 Å². The molecule has 0 spiro atoms. The molecule has 0 saturated heterocycles. The number of nitro groups is 1. The molecule has 4 aromatic rings. The molecule has 0 saturated carbocycles. The maximum absolute atomic E-state index is 13.6. The highest BCUT2D eigenvalue weighted by atomic mass is 32.2. The minimum atomic E-state index is -3.69. The van der Waals surface area contributed by atoms with Crippen molar-refractivity contribution >= 4 is 54.5 Å². The van der Waals surface area contributed by atoms with E-state index in [2.05, 4.69) is 10.1 Å². The highest BCUT2D eigenvalue weighted by Gasteiger charge is 2.24. The Hall–Kier alpha value is -4.20. The Kier molecular flexibility index (Phi) is 8.33. The van der Waals surface area contributed by atoms with E-state index in [1.54, 1.807) is 39.2 Å². The Morgan fingerprint density at radius 3 is 2.33 bits per heavy atom. The minimum absolute atomic E-state index is 0.0695. The highest BCUT2D eigenvalue weighted by Crippen LogP contribution is 2.32. The summed E-state index contributed by atoms with van der Waals surface area (Å²) in [6.45, 7) is 4.17. The first-order chi connectivity index (χ1) is 18.7. The van der Waals surface area contributed by atoms with Crippen LogP contribution in [0.4, 0.5) is 10.8 Å². The van der Waals surface area contributed by atoms with Gasteiger partial charge >= 0.3 is 0 Å². The van der Waals surface area contributed by atoms with Crippen LogP contribution < -0.4 is 9.75 Å². The molecule has 0 N–H and O–H groups in total. The number of ether oxygens (including phenoxy) is 1. The summed E-state index contributed by atoms with van der Waals surface area (Å²) in [6, 6.07) is 16.7. The molecule has 0 bridgehead atoms. The van der Waals surface area contributed by atoms with Crippen molar-refractivity contribution in [2.24, 2.45) is 5.10 Å². The van der Waals surface area contributed by atoms with E-state index in [1.807, 2.05) is 0 Å². The molecule has 11 nitrogen and oxygen atoms in total. The van der Waals surface area contributed by atoms with Gasteiger partial charge in [-0.2, -0.15) is 14.4 Å². The minimum Gasteiger partial charge on any atom is -0.497 e. The lowest BCUT2D eigenvalue weighted by atomic mass is 10.2. The van der Waals surface area contributed by atoms with Crippen LogP contribution in [-0.4, -0.2) is 55.0 Å². The topological polar surface area (TPSA) is 135 Å². The molecular formula is C26H25N5O6S2. The SMILES string of the molecule is CCN(CC)S(=O)(=O)c1ccc(C(=O)N(/N=C/c2ccc([N+](=O)[O-])cc2)c2nc3ccc(OC)cc3s2)cc1. The van der Waals surface area contributed by atoms with Crippen molar-refractivity contribution < 1.29 is 22.9 Å². The molecule has 1 heterocycles. The molecule has 4 rings (SSSR count). The number of nitrogens with zero attached hydrogens (tertiary/aromatic N) is 5. The number of non-ortho nitro benzene ring substituents is 1. The number of amides is 1. The Labute approximate surface area is 229 Å². The molecule has 0 unspecified atom stereocenters. The number of carbonyl (C=O) groups excluding carboxylic acids is 1. The van der Waals surface area contributed by atoms with Crippen LogP contribution in [0.3, 0.4) is 0 Å². The second-order valence-corrected chi connectivity index (χ2v) is 11.1. The molecule has 0 aliphatic carbocycles. The fourth-order valence-corrected chi connectivity index (χ4v) is 6.12. The van der Waals surface area contributed by atoms with E-state index >= 15 is 0 Å². The summed E-state index contributed by atoms with van der Waals surface area (Å²) in [5, 5.41) is 16.7. The number of hydrogen-bond acceptors (Lipinski definition) is 9. The van der Waals surface area contributed by atoms with Crippen LogP contribution in [0.1, 0.15) is 29.8 Å². The average Bonchev–Trinajstić information content (AvgIpc) is 3.36. The number of rotatable bonds is 10. The van der Waals surface area contributed by atoms with Crippen molar-refractivity contribution in [2.45, 2.75) is 18.7 Å². The number of hydrogen-bond donors (Lipinski definition) is 0. The van der Waals surface area contributed by atoms with E-state index in [0.717, 1.165) is 9.71 Å². The molecule has 39 heavy (non-hydrogen) atoms. The third-order valence-corrected chi connectivity index (χ3v) is 8.89. The van der Waals surface area contributed by atoms with Crippen LogP contribution >= 0.6 is 11.3 Å². The van der Waals surface area contributed by atoms with E-state index < -0.39 is 20.9 Å². The summed E-state index contributed by atoms with van der Waals surface area (Å²) in [4.78, 5) is 28.7. The largest absolute Gasteiger partial charge is 0.497 e. The Morgan fingerprint density at radius 1 is 1.08 bits per heavy atom. The summed E-state index contributed by atoms with van der Waals surface area (Å²) in [7, 11) is -2.13. The molecule has 0 aliphatic heterocycles. The number of carbonyl (C=O) groups is 1. The number of methoxy groups -OCH3 is 1. The Morgan fingerprint density at radius 2 is 1.74 bits per heavy atom. The zero-order valence-corrected chi connectivity index (χ0v) is 23.0. The van der Waals surface area contributed by atoms with E-state index in [1.165, 1.54) is 70.4 Å². The maximum Gasteiger partial charge on any atom is 0.280 e. The number of fused-ring (bicyclic) bond motifs is 1. The van der Waals surface area contributed by atoms with Gasteiger partial charge in [-0.3, -0.25) is 14.9 Å². The van der Waals surface area contributed by atoms with Crippen molar-refractivity contribution in [3.63, 3.8) is 0 Å². The number of nitro benzene ring substituents is 1. The van der Waals surface area contributed by atoms with Gasteiger partial charge in [0.15, 0.2) is 0 Å². The lowest BCUT2D eigenvalue weighted by Gasteiger charge is -2.19. The molecule has 0 radical (unpaired) electrons. The second kappa shape index (κ2) is 11.7. The lowest BCUT2D eigenvalue weighted by molar-refractivity contribution is -0.384. The predicted octanol–water partition coefficient (Wildman–Crippen LogP) is 4.92. The lowest BCUT2D eigenvalue weighted by Crippen LogP contribution is -2.30. The Bertz CT molecular complexity index is 1630. The van der Waals surface area contributed by atoms with E-state index in [0.29, 0.717) is 29.9 Å². The van der Waals surface area contributed by atoms with Crippen LogP contribution in [0.15, 0.2) is 76.7 Å². The van der Waals surface area contributed by atoms with Gasteiger partial charge in [0.1, 0.15) is 5.75 Å². The van der Waals surface area contributed by atoms with Gasteiger partial charge < -0.3 is 4.74 Å². The Balaban J connectivity index is 1.71. The summed E-state index contributed by atoms with van der Waals surface area (Å²) >= 11 is 1.23. The van der Waals surface area contributed by atoms with Crippen LogP contribution in [0.5, 0.6) is 5.75 Å². The number of thiazole rings is 1. The van der Waals surface area contributed by atoms with E-state index in [9.17, 15) is 23.3 Å². The van der Waals surface area contributed by atoms with Crippen LogP contribution in [-0.2, 0) is 10.0 Å². The summed E-state index contributed by atoms with van der Waals surface area (Å²) in [6.07, 6.45) is 1.40. The van der Waals surface area contributed by atoms with Crippen LogP contribution in [0, 0.1) is 10.1 Å². The molecule has 1 amide bonds. The smallest absolute Gasteiger partial charge is 0.280 e. The molecule has 0 fully saturated rings. The van der Waals surface area contributed by atoms with E-state index in [-0.39, 0.29) is 21.3 Å². The fraction of sp³-hybridized carbons (Fsp3) is 0.192. The standard InChI is InChI=1S/C26H25N5O6S2/c1-4-29(5-2)39(35,36)22-13-8-19(9-14-22)25(32)30(27-17-18-6-10-20(11-7-18)31(33)34)26-28-23-15-12-21(37-3)16-24(23)38-26/h6-17H,4-5H2,1-3H3/b27-17+. The molecule has 1 aromatic heterocycles. The first-order valence-corrected chi connectivity index (χ1v) is 14.1. The first kappa shape index (κ1) is 27.8. The van der Waals surface area contributed by atoms with Crippen LogP contribution in [0.25, 0.3) is 10.2 Å². The molecule has 202 valence electrons. The second-order valence-electron chi connectivity index (χ2n) is 8.15. The average molecular weight is 568 g/mol. The zero-order chi connectivity index (χ0) is 28.2. The molecule has 3 aromatic carbocycles. The van der Waals surface area contributed by atoms with Crippen molar-refractivity contribution in [2.75, 3.05) is 25.2 Å². The van der Waals surface area contributed by atoms with Gasteiger partial charge in [0.2, 0.25) is 15.2 Å². The summed E-state index contributed by atoms with van der Waals surface area (Å²) in [5.41, 5.74) is 1.30. The number of anilines is 1. The maximum atomic E-state index is 13.6. The first-order valence-electron chi connectivity index (χ1n) is 11.9. The van der Waals surface area contributed by atoms with Crippen molar-refractivity contribution in [3.8, 4) is 5.75 Å². The quantitative estimate of drug-likeness (QED) is 0.151. The van der Waals surface area contributed by atoms with Gasteiger partial charge in [-0.25, -0.2) is 13.4 Å². The predicted molar refractivity (Wildman–Crippen MR) is 150 cm³/mol. The fourth-order valence-electron chi connectivity index (χ4n) is 3.71. The molecule has 13 heteroatoms. The molecule has 0 aliphatic rings. The monoisotopic (exact) mass is 567 g/mol. The van der Waals surface area contributed by atoms with Gasteiger partial charge in [0.05, 0.1) is 33.4 Å². The highest BCUT2D eigenvalue weighted by molar-refractivity contribution is 7.89. The number of hydrazone groups is 1. The molecule has 0 atom stereocenters. The van der Waals surface area contributed by atoms with Crippen molar-refractivity contribution in [3.05, 3.63) is 88.0 Å². The number of benzene rings is 3. The summed E-state index contributed by atoms with van der Waals surface area (Å²) in [5.74, 6) is 0.0981. The van der Waals surface area contributed by atoms with E-state index in [4.69, 9.17) is 4.74 Å². The number of sulfonamides is 1. The third kappa shape index (κ3) is 5.95. The molecular weight excluding hydrogens is 542 g/mol. The van der Waals surface area contributed by atoms with Gasteiger partial charge in [0.25, 0.3) is 11.6 Å². The normalized spacial score (nSPS) is 11.8. The van der Waals surface area contributed by atoms with Gasteiger partial charge in [-0.15, -0.1) is 0 Å². The number of aromatic nitrogens is 1. The van der Waals surface area contributed by atoms with Crippen molar-refractivity contribution in [1.82, 2.24) is 9.29 Å². The van der Waals surface area contributed by atoms with Gasteiger partial charge in [-0.05, 0) is 60.2 Å². The van der Waals surface area contributed by atoms with Gasteiger partial charge in [0, 0.05) is 30.8 Å².